The zero-order valence-electron chi connectivity index (χ0n) is 16.6. The second kappa shape index (κ2) is 7.97. The minimum atomic E-state index is 0.595. The van der Waals surface area contributed by atoms with Crippen LogP contribution < -0.4 is 4.90 Å². The van der Waals surface area contributed by atoms with Crippen LogP contribution in [-0.4, -0.2) is 44.4 Å². The molecule has 1 atom stereocenters. The smallest absolute Gasteiger partial charge is 0.111 e. The summed E-state index contributed by atoms with van der Waals surface area (Å²) in [4.78, 5) is 7.56. The van der Waals surface area contributed by atoms with Crippen molar-refractivity contribution in [3.8, 4) is 0 Å². The van der Waals surface area contributed by atoms with Crippen molar-refractivity contribution in [2.75, 3.05) is 24.0 Å². The molecule has 0 saturated heterocycles. The number of rotatable bonds is 7. The van der Waals surface area contributed by atoms with E-state index >= 15 is 0 Å². The lowest BCUT2D eigenvalue weighted by molar-refractivity contribution is 0.572. The van der Waals surface area contributed by atoms with E-state index < -0.39 is 0 Å². The minimum Gasteiger partial charge on any atom is -0.372 e. The topological polar surface area (TPSA) is 38.9 Å². The van der Waals surface area contributed by atoms with Crippen molar-refractivity contribution in [1.82, 2.24) is 19.3 Å². The van der Waals surface area contributed by atoms with Crippen LogP contribution in [0.4, 0.5) is 5.69 Å². The summed E-state index contributed by atoms with van der Waals surface area (Å²) in [6, 6.07) is 7.16. The maximum absolute atomic E-state index is 5.15. The number of aryl methyl sites for hydroxylation is 4. The zero-order valence-corrected chi connectivity index (χ0v) is 17.4. The molecule has 5 nitrogen and oxygen atoms in total. The highest BCUT2D eigenvalue weighted by Crippen LogP contribution is 2.35. The molecule has 0 radical (unpaired) electrons. The van der Waals surface area contributed by atoms with Crippen LogP contribution in [0.1, 0.15) is 31.2 Å². The van der Waals surface area contributed by atoms with E-state index in [1.54, 1.807) is 0 Å². The van der Waals surface area contributed by atoms with Crippen molar-refractivity contribution in [2.45, 2.75) is 51.7 Å². The highest BCUT2D eigenvalue weighted by Gasteiger charge is 2.24. The predicted octanol–water partition coefficient (Wildman–Crippen LogP) is 4.00. The summed E-state index contributed by atoms with van der Waals surface area (Å²) in [5, 5.41) is 4.35. The van der Waals surface area contributed by atoms with Crippen LogP contribution in [0, 0.1) is 0 Å². The highest BCUT2D eigenvalue weighted by atomic mass is 32.2. The first-order chi connectivity index (χ1) is 13.2. The molecule has 0 bridgehead atoms. The second-order valence-corrected chi connectivity index (χ2v) is 8.46. The Labute approximate surface area is 165 Å². The van der Waals surface area contributed by atoms with Crippen molar-refractivity contribution in [2.24, 2.45) is 0 Å². The molecular formula is C21H29N5S. The number of hydrogen-bond donors (Lipinski definition) is 0. The molecule has 3 aromatic rings. The van der Waals surface area contributed by atoms with E-state index in [0.717, 1.165) is 25.9 Å². The molecule has 1 aliphatic rings. The average molecular weight is 384 g/mol. The van der Waals surface area contributed by atoms with Crippen molar-refractivity contribution < 1.29 is 0 Å². The number of fused-ring (bicyclic) bond motifs is 3. The SMILES string of the molecule is CSCCCn1c(CCn2cccn2)nc2c3c(ccc21)N(C)C(C)CC3. The van der Waals surface area contributed by atoms with E-state index in [-0.39, 0.29) is 0 Å². The Kier molecular flexibility index (Phi) is 5.43. The normalized spacial score (nSPS) is 16.9. The molecule has 2 aromatic heterocycles. The van der Waals surface area contributed by atoms with E-state index in [0.29, 0.717) is 6.04 Å². The zero-order chi connectivity index (χ0) is 18.8. The van der Waals surface area contributed by atoms with Crippen LogP contribution in [0.5, 0.6) is 0 Å². The number of hydrogen-bond acceptors (Lipinski definition) is 4. The monoisotopic (exact) mass is 383 g/mol. The Bertz CT molecular complexity index is 899. The van der Waals surface area contributed by atoms with Crippen molar-refractivity contribution >= 4 is 28.5 Å². The largest absolute Gasteiger partial charge is 0.372 e. The summed E-state index contributed by atoms with van der Waals surface area (Å²) in [6.45, 7) is 4.22. The van der Waals surface area contributed by atoms with Crippen LogP contribution in [0.2, 0.25) is 0 Å². The summed E-state index contributed by atoms with van der Waals surface area (Å²) in [7, 11) is 2.21. The van der Waals surface area contributed by atoms with E-state index in [2.05, 4.69) is 46.9 Å². The maximum atomic E-state index is 5.15. The molecule has 0 spiro atoms. The van der Waals surface area contributed by atoms with Gasteiger partial charge in [0.15, 0.2) is 0 Å². The van der Waals surface area contributed by atoms with Gasteiger partial charge < -0.3 is 9.47 Å². The van der Waals surface area contributed by atoms with Crippen molar-refractivity contribution in [1.29, 1.82) is 0 Å². The summed E-state index contributed by atoms with van der Waals surface area (Å²) in [6.07, 6.45) is 10.5. The lowest BCUT2D eigenvalue weighted by Gasteiger charge is -2.33. The number of nitrogens with zero attached hydrogens (tertiary/aromatic N) is 5. The number of aromatic nitrogens is 4. The Hall–Kier alpha value is -1.95. The molecule has 144 valence electrons. The number of anilines is 1. The molecule has 6 heteroatoms. The standard InChI is InChI=1S/C21H29N5S/c1-16-6-7-17-18(24(16)2)8-9-19-21(17)23-20(26(19)13-5-15-27-3)10-14-25-12-4-11-22-25/h4,8-9,11-12,16H,5-7,10,13-15H2,1-3H3. The van der Waals surface area contributed by atoms with Gasteiger partial charge in [0.25, 0.3) is 0 Å². The average Bonchev–Trinajstić information content (AvgIpc) is 3.31. The molecule has 1 unspecified atom stereocenters. The fourth-order valence-corrected chi connectivity index (χ4v) is 4.52. The van der Waals surface area contributed by atoms with Gasteiger partial charge in [-0.1, -0.05) is 0 Å². The fraction of sp³-hybridized carbons (Fsp3) is 0.524. The number of thioether (sulfide) groups is 1. The molecule has 27 heavy (non-hydrogen) atoms. The summed E-state index contributed by atoms with van der Waals surface area (Å²) >= 11 is 1.91. The molecule has 4 rings (SSSR count). The van der Waals surface area contributed by atoms with Gasteiger partial charge in [0.05, 0.1) is 11.0 Å². The molecule has 0 amide bonds. The maximum Gasteiger partial charge on any atom is 0.111 e. The van der Waals surface area contributed by atoms with Gasteiger partial charge in [-0.15, -0.1) is 0 Å². The number of imidazole rings is 1. The van der Waals surface area contributed by atoms with Crippen LogP contribution in [0.15, 0.2) is 30.6 Å². The molecule has 0 fully saturated rings. The van der Waals surface area contributed by atoms with Crippen LogP contribution in [-0.2, 0) is 25.9 Å². The molecule has 1 aliphatic heterocycles. The van der Waals surface area contributed by atoms with Crippen LogP contribution in [0.25, 0.3) is 11.0 Å². The van der Waals surface area contributed by atoms with Gasteiger partial charge >= 0.3 is 0 Å². The molecular weight excluding hydrogens is 354 g/mol. The van der Waals surface area contributed by atoms with Crippen LogP contribution >= 0.6 is 11.8 Å². The molecule has 0 saturated carbocycles. The summed E-state index contributed by atoms with van der Waals surface area (Å²) in [5.41, 5.74) is 5.30. The van der Waals surface area contributed by atoms with E-state index in [1.165, 1.54) is 46.7 Å². The molecule has 0 aliphatic carbocycles. The third-order valence-corrected chi connectivity index (χ3v) is 6.48. The minimum absolute atomic E-state index is 0.595. The van der Waals surface area contributed by atoms with Crippen LogP contribution in [0.3, 0.4) is 0 Å². The van der Waals surface area contributed by atoms with Crippen molar-refractivity contribution in [3.63, 3.8) is 0 Å². The fourth-order valence-electron chi connectivity index (χ4n) is 4.10. The lowest BCUT2D eigenvalue weighted by atomic mass is 9.96. The first kappa shape index (κ1) is 18.4. The highest BCUT2D eigenvalue weighted by molar-refractivity contribution is 7.98. The van der Waals surface area contributed by atoms with E-state index in [9.17, 15) is 0 Å². The van der Waals surface area contributed by atoms with Gasteiger partial charge in [0.1, 0.15) is 5.82 Å². The van der Waals surface area contributed by atoms with Gasteiger partial charge in [-0.3, -0.25) is 4.68 Å². The first-order valence-electron chi connectivity index (χ1n) is 9.89. The van der Waals surface area contributed by atoms with Gasteiger partial charge in [-0.25, -0.2) is 4.98 Å². The third kappa shape index (κ3) is 3.59. The first-order valence-corrected chi connectivity index (χ1v) is 11.3. The summed E-state index contributed by atoms with van der Waals surface area (Å²) < 4.78 is 4.45. The molecule has 3 heterocycles. The van der Waals surface area contributed by atoms with E-state index in [1.807, 2.05) is 34.9 Å². The molecule has 0 N–H and O–H groups in total. The van der Waals surface area contributed by atoms with E-state index in [4.69, 9.17) is 4.98 Å². The van der Waals surface area contributed by atoms with Gasteiger partial charge in [0, 0.05) is 56.2 Å². The number of benzene rings is 1. The second-order valence-electron chi connectivity index (χ2n) is 7.47. The Morgan fingerprint density at radius 3 is 2.93 bits per heavy atom. The van der Waals surface area contributed by atoms with Crippen molar-refractivity contribution in [3.05, 3.63) is 42.0 Å². The van der Waals surface area contributed by atoms with Gasteiger partial charge in [-0.05, 0) is 56.4 Å². The lowest BCUT2D eigenvalue weighted by Crippen LogP contribution is -2.33. The Morgan fingerprint density at radius 2 is 2.15 bits per heavy atom. The summed E-state index contributed by atoms with van der Waals surface area (Å²) in [5.74, 6) is 2.37. The quantitative estimate of drug-likeness (QED) is 0.578. The predicted molar refractivity (Wildman–Crippen MR) is 115 cm³/mol. The van der Waals surface area contributed by atoms with Gasteiger partial charge in [-0.2, -0.15) is 16.9 Å². The Balaban J connectivity index is 1.72. The van der Waals surface area contributed by atoms with Gasteiger partial charge in [0.2, 0.25) is 0 Å². The Morgan fingerprint density at radius 1 is 1.26 bits per heavy atom. The molecule has 1 aromatic carbocycles. The third-order valence-electron chi connectivity index (χ3n) is 5.79.